The summed E-state index contributed by atoms with van der Waals surface area (Å²) in [6, 6.07) is 5.46. The summed E-state index contributed by atoms with van der Waals surface area (Å²) < 4.78 is 10.4. The number of hydrogen-bond acceptors (Lipinski definition) is 3. The molecule has 0 spiro atoms. The fourth-order valence-corrected chi connectivity index (χ4v) is 1.23. The Kier molecular flexibility index (Phi) is 1.62. The first-order valence-corrected chi connectivity index (χ1v) is 3.91. The largest absolute Gasteiger partial charge is 0.442 e. The lowest BCUT2D eigenvalue weighted by Crippen LogP contribution is -2.35. The molecule has 1 aliphatic rings. The minimum atomic E-state index is -0.976. The Hall–Kier alpha value is -1.71. The Morgan fingerprint density at radius 1 is 1.46 bits per heavy atom. The van der Waals surface area contributed by atoms with Crippen molar-refractivity contribution in [3.8, 4) is 11.5 Å². The van der Waals surface area contributed by atoms with E-state index in [0.717, 1.165) is 5.56 Å². The Labute approximate surface area is 75.2 Å². The monoisotopic (exact) mass is 179 g/mol. The van der Waals surface area contributed by atoms with Gasteiger partial charge in [-0.2, -0.15) is 0 Å². The average Bonchev–Trinajstić information content (AvgIpc) is 2.49. The molecule has 13 heavy (non-hydrogen) atoms. The Balaban J connectivity index is 2.35. The molecule has 0 bridgehead atoms. The van der Waals surface area contributed by atoms with Crippen LogP contribution in [0.4, 0.5) is 0 Å². The summed E-state index contributed by atoms with van der Waals surface area (Å²) in [6.07, 6.45) is -0.976. The van der Waals surface area contributed by atoms with Crippen molar-refractivity contribution < 1.29 is 14.3 Å². The van der Waals surface area contributed by atoms with E-state index < -0.39 is 12.2 Å². The number of nitrogens with two attached hydrogens (primary N) is 1. The molecule has 0 aromatic heterocycles. The maximum absolute atomic E-state index is 10.8. The van der Waals surface area contributed by atoms with Gasteiger partial charge in [0.2, 0.25) is 0 Å². The highest BCUT2D eigenvalue weighted by Crippen LogP contribution is 2.36. The number of primary amides is 1. The number of carbonyl (C=O) groups excluding carboxylic acids is 1. The van der Waals surface area contributed by atoms with Gasteiger partial charge in [0.25, 0.3) is 5.91 Å². The quantitative estimate of drug-likeness (QED) is 0.685. The van der Waals surface area contributed by atoms with E-state index in [-0.39, 0.29) is 0 Å². The molecule has 1 aromatic carbocycles. The Morgan fingerprint density at radius 3 is 2.85 bits per heavy atom. The van der Waals surface area contributed by atoms with E-state index in [1.54, 1.807) is 6.07 Å². The van der Waals surface area contributed by atoms with Crippen molar-refractivity contribution >= 4 is 5.91 Å². The van der Waals surface area contributed by atoms with Crippen LogP contribution in [0, 0.1) is 6.92 Å². The van der Waals surface area contributed by atoms with Crippen LogP contribution in [-0.4, -0.2) is 12.2 Å². The molecule has 0 saturated carbocycles. The molecule has 1 heterocycles. The van der Waals surface area contributed by atoms with Crippen molar-refractivity contribution in [3.63, 3.8) is 0 Å². The van der Waals surface area contributed by atoms with E-state index in [1.807, 2.05) is 19.1 Å². The van der Waals surface area contributed by atoms with Gasteiger partial charge in [-0.15, -0.1) is 0 Å². The second-order valence-electron chi connectivity index (χ2n) is 2.87. The fourth-order valence-electron chi connectivity index (χ4n) is 1.23. The summed E-state index contributed by atoms with van der Waals surface area (Å²) in [5, 5.41) is 0. The Bertz CT molecular complexity index is 362. The number of para-hydroxylation sites is 1. The number of carbonyl (C=O) groups is 1. The first kappa shape index (κ1) is 7.91. The van der Waals surface area contributed by atoms with Crippen molar-refractivity contribution in [3.05, 3.63) is 23.8 Å². The number of aryl methyl sites for hydroxylation is 1. The molecule has 1 aliphatic heterocycles. The molecule has 4 heteroatoms. The number of rotatable bonds is 1. The third-order valence-electron chi connectivity index (χ3n) is 1.87. The van der Waals surface area contributed by atoms with Gasteiger partial charge in [0.15, 0.2) is 11.5 Å². The minimum absolute atomic E-state index is 0.573. The highest BCUT2D eigenvalue weighted by Gasteiger charge is 2.29. The molecule has 4 nitrogen and oxygen atoms in total. The number of hydrogen-bond donors (Lipinski definition) is 1. The summed E-state index contributed by atoms with van der Waals surface area (Å²) in [5.41, 5.74) is 5.97. The molecule has 0 radical (unpaired) electrons. The van der Waals surface area contributed by atoms with Gasteiger partial charge in [0, 0.05) is 0 Å². The van der Waals surface area contributed by atoms with Crippen molar-refractivity contribution in [2.45, 2.75) is 13.2 Å². The SMILES string of the molecule is Cc1cccc2c1OC(C(N)=O)O2. The van der Waals surface area contributed by atoms with Gasteiger partial charge in [-0.25, -0.2) is 0 Å². The van der Waals surface area contributed by atoms with Gasteiger partial charge in [0.1, 0.15) is 0 Å². The smallest absolute Gasteiger partial charge is 0.321 e. The second kappa shape index (κ2) is 2.65. The van der Waals surface area contributed by atoms with Crippen LogP contribution in [0.5, 0.6) is 11.5 Å². The normalized spacial score (nSPS) is 18.7. The summed E-state index contributed by atoms with van der Waals surface area (Å²) >= 11 is 0. The molecule has 1 unspecified atom stereocenters. The maximum Gasteiger partial charge on any atom is 0.321 e. The van der Waals surface area contributed by atoms with Crippen molar-refractivity contribution in [1.29, 1.82) is 0 Å². The van der Waals surface area contributed by atoms with E-state index in [4.69, 9.17) is 15.2 Å². The molecule has 0 aliphatic carbocycles. The van der Waals surface area contributed by atoms with Crippen LogP contribution < -0.4 is 15.2 Å². The van der Waals surface area contributed by atoms with Crippen LogP contribution in [0.3, 0.4) is 0 Å². The molecular weight excluding hydrogens is 170 g/mol. The molecular formula is C9H9NO3. The molecule has 1 atom stereocenters. The summed E-state index contributed by atoms with van der Waals surface area (Å²) in [5.74, 6) is 0.561. The minimum Gasteiger partial charge on any atom is -0.442 e. The summed E-state index contributed by atoms with van der Waals surface area (Å²) in [7, 11) is 0. The molecule has 0 saturated heterocycles. The number of ether oxygens (including phenoxy) is 2. The van der Waals surface area contributed by atoms with E-state index in [9.17, 15) is 4.79 Å². The third-order valence-corrected chi connectivity index (χ3v) is 1.87. The van der Waals surface area contributed by atoms with E-state index >= 15 is 0 Å². The van der Waals surface area contributed by atoms with Crippen LogP contribution in [0.25, 0.3) is 0 Å². The zero-order chi connectivity index (χ0) is 9.42. The van der Waals surface area contributed by atoms with E-state index in [1.165, 1.54) is 0 Å². The topological polar surface area (TPSA) is 61.5 Å². The first-order chi connectivity index (χ1) is 6.18. The molecule has 1 aromatic rings. The third kappa shape index (κ3) is 1.20. The molecule has 2 rings (SSSR count). The highest BCUT2D eigenvalue weighted by molar-refractivity contribution is 5.79. The van der Waals surface area contributed by atoms with Crippen LogP contribution in [0.2, 0.25) is 0 Å². The average molecular weight is 179 g/mol. The second-order valence-corrected chi connectivity index (χ2v) is 2.87. The first-order valence-electron chi connectivity index (χ1n) is 3.91. The van der Waals surface area contributed by atoms with Gasteiger partial charge in [0.05, 0.1) is 0 Å². The highest BCUT2D eigenvalue weighted by atomic mass is 16.7. The molecule has 1 amide bonds. The van der Waals surface area contributed by atoms with Crippen LogP contribution in [-0.2, 0) is 4.79 Å². The van der Waals surface area contributed by atoms with E-state index in [0.29, 0.717) is 11.5 Å². The van der Waals surface area contributed by atoms with Crippen LogP contribution in [0.1, 0.15) is 5.56 Å². The van der Waals surface area contributed by atoms with Crippen LogP contribution in [0.15, 0.2) is 18.2 Å². The van der Waals surface area contributed by atoms with Gasteiger partial charge in [-0.05, 0) is 18.6 Å². The number of amides is 1. The van der Waals surface area contributed by atoms with Gasteiger partial charge in [-0.1, -0.05) is 12.1 Å². The van der Waals surface area contributed by atoms with Crippen LogP contribution >= 0.6 is 0 Å². The zero-order valence-corrected chi connectivity index (χ0v) is 7.11. The number of fused-ring (bicyclic) bond motifs is 1. The summed E-state index contributed by atoms with van der Waals surface area (Å²) in [4.78, 5) is 10.8. The molecule has 2 N–H and O–H groups in total. The standard InChI is InChI=1S/C9H9NO3/c1-5-3-2-4-6-7(5)13-9(12-6)8(10)11/h2-4,9H,1H3,(H2,10,11). The lowest BCUT2D eigenvalue weighted by Gasteiger charge is -2.03. The lowest BCUT2D eigenvalue weighted by molar-refractivity contribution is -0.133. The zero-order valence-electron chi connectivity index (χ0n) is 7.11. The lowest BCUT2D eigenvalue weighted by atomic mass is 10.2. The molecule has 68 valence electrons. The van der Waals surface area contributed by atoms with Gasteiger partial charge < -0.3 is 15.2 Å². The number of benzene rings is 1. The fraction of sp³-hybridized carbons (Fsp3) is 0.222. The maximum atomic E-state index is 10.8. The predicted molar refractivity (Wildman–Crippen MR) is 45.4 cm³/mol. The predicted octanol–water partition coefficient (Wildman–Crippen LogP) is 0.578. The van der Waals surface area contributed by atoms with Crippen molar-refractivity contribution in [2.24, 2.45) is 5.73 Å². The van der Waals surface area contributed by atoms with Gasteiger partial charge >= 0.3 is 6.29 Å². The van der Waals surface area contributed by atoms with Crippen molar-refractivity contribution in [2.75, 3.05) is 0 Å². The van der Waals surface area contributed by atoms with Crippen molar-refractivity contribution in [1.82, 2.24) is 0 Å². The molecule has 0 fully saturated rings. The van der Waals surface area contributed by atoms with E-state index in [2.05, 4.69) is 0 Å². The Morgan fingerprint density at radius 2 is 2.23 bits per heavy atom. The summed E-state index contributed by atoms with van der Waals surface area (Å²) in [6.45, 7) is 1.88. The van der Waals surface area contributed by atoms with Gasteiger partial charge in [-0.3, -0.25) is 4.79 Å².